The highest BCUT2D eigenvalue weighted by Gasteiger charge is 2.12. The summed E-state index contributed by atoms with van der Waals surface area (Å²) in [5.41, 5.74) is 3.69. The molecule has 2 N–H and O–H groups in total. The molecule has 1 heterocycles. The van der Waals surface area contributed by atoms with Crippen molar-refractivity contribution in [2.75, 3.05) is 5.32 Å². The van der Waals surface area contributed by atoms with Crippen LogP contribution in [0.3, 0.4) is 0 Å². The van der Waals surface area contributed by atoms with Crippen LogP contribution in [0.5, 0.6) is 11.6 Å². The maximum absolute atomic E-state index is 12.3. The number of benzene rings is 3. The van der Waals surface area contributed by atoms with E-state index in [2.05, 4.69) is 10.3 Å². The third-order valence-corrected chi connectivity index (χ3v) is 5.40. The number of carbonyl (C=O) groups excluding carboxylic acids is 1. The van der Waals surface area contributed by atoms with E-state index in [1.807, 2.05) is 30.3 Å². The van der Waals surface area contributed by atoms with Gasteiger partial charge in [0.15, 0.2) is 0 Å². The number of amides is 1. The van der Waals surface area contributed by atoms with Gasteiger partial charge in [0.25, 0.3) is 0 Å². The summed E-state index contributed by atoms with van der Waals surface area (Å²) in [6.45, 7) is 0.0285. The molecule has 0 aliphatic carbocycles. The Bertz CT molecular complexity index is 1320. The van der Waals surface area contributed by atoms with Crippen LogP contribution in [0.2, 0.25) is 5.02 Å². The highest BCUT2D eigenvalue weighted by atomic mass is 35.5. The summed E-state index contributed by atoms with van der Waals surface area (Å²) in [6.07, 6.45) is 0.883. The molecule has 4 aromatic rings. The Morgan fingerprint density at radius 3 is 2.26 bits per heavy atom. The number of halogens is 1. The van der Waals surface area contributed by atoms with Crippen LogP contribution < -0.4 is 10.1 Å². The minimum atomic E-state index is -0.864. The zero-order valence-electron chi connectivity index (χ0n) is 18.5. The van der Waals surface area contributed by atoms with E-state index in [0.29, 0.717) is 22.0 Å². The predicted octanol–water partition coefficient (Wildman–Crippen LogP) is 6.57. The summed E-state index contributed by atoms with van der Waals surface area (Å²) in [5, 5.41) is 12.1. The quantitative estimate of drug-likeness (QED) is 0.291. The van der Waals surface area contributed by atoms with E-state index in [4.69, 9.17) is 26.2 Å². The molecule has 0 saturated heterocycles. The normalized spacial score (nSPS) is 10.4. The van der Waals surface area contributed by atoms with Gasteiger partial charge in [-0.3, -0.25) is 10.1 Å². The maximum Gasteiger partial charge on any atom is 0.412 e. The molecule has 0 radical (unpaired) electrons. The molecule has 1 aromatic heterocycles. The molecule has 7 nitrogen and oxygen atoms in total. The Morgan fingerprint density at radius 2 is 1.57 bits per heavy atom. The lowest BCUT2D eigenvalue weighted by molar-refractivity contribution is -0.136. The van der Waals surface area contributed by atoms with Gasteiger partial charge in [-0.2, -0.15) is 0 Å². The first kappa shape index (κ1) is 23.8. The molecule has 0 spiro atoms. The highest BCUT2D eigenvalue weighted by molar-refractivity contribution is 6.31. The minimum Gasteiger partial charge on any atom is -0.481 e. The number of pyridine rings is 1. The first-order valence-electron chi connectivity index (χ1n) is 10.7. The summed E-state index contributed by atoms with van der Waals surface area (Å²) in [7, 11) is 0. The van der Waals surface area contributed by atoms with Crippen LogP contribution in [0.1, 0.15) is 11.1 Å². The molecule has 35 heavy (non-hydrogen) atoms. The van der Waals surface area contributed by atoms with Gasteiger partial charge in [-0.1, -0.05) is 66.2 Å². The number of carboxylic acid groups (broad SMARTS) is 1. The number of hydrogen-bond donors (Lipinski definition) is 2. The SMILES string of the molecule is O=C(O)Cc1ccc(-c2ccc(Oc3ncccc3NC(=O)OCc3ccccc3Cl)cc2)cc1. The van der Waals surface area contributed by atoms with Crippen LogP contribution >= 0.6 is 11.6 Å². The van der Waals surface area contributed by atoms with Crippen molar-refractivity contribution in [3.63, 3.8) is 0 Å². The maximum atomic E-state index is 12.3. The topological polar surface area (TPSA) is 97.8 Å². The van der Waals surface area contributed by atoms with Crippen molar-refractivity contribution < 1.29 is 24.2 Å². The van der Waals surface area contributed by atoms with Gasteiger partial charge in [0, 0.05) is 16.8 Å². The zero-order valence-corrected chi connectivity index (χ0v) is 19.2. The second kappa shape index (κ2) is 11.2. The first-order valence-corrected chi connectivity index (χ1v) is 11.1. The summed E-state index contributed by atoms with van der Waals surface area (Å²) < 4.78 is 11.1. The number of ether oxygens (including phenoxy) is 2. The molecule has 0 bridgehead atoms. The fraction of sp³-hybridized carbons (Fsp3) is 0.0741. The molecule has 8 heteroatoms. The molecule has 1 amide bonds. The highest BCUT2D eigenvalue weighted by Crippen LogP contribution is 2.29. The fourth-order valence-corrected chi connectivity index (χ4v) is 3.48. The van der Waals surface area contributed by atoms with Crippen molar-refractivity contribution in [2.45, 2.75) is 13.0 Å². The number of aliphatic carboxylic acids is 1. The van der Waals surface area contributed by atoms with Gasteiger partial charge in [-0.15, -0.1) is 0 Å². The van der Waals surface area contributed by atoms with Crippen molar-refractivity contribution in [2.24, 2.45) is 0 Å². The predicted molar refractivity (Wildman–Crippen MR) is 133 cm³/mol. The molecular weight excluding hydrogens is 468 g/mol. The summed E-state index contributed by atoms with van der Waals surface area (Å²) in [6, 6.07) is 25.1. The van der Waals surface area contributed by atoms with Gasteiger partial charge >= 0.3 is 12.1 Å². The molecule has 0 saturated carbocycles. The lowest BCUT2D eigenvalue weighted by Gasteiger charge is -2.12. The standard InChI is InChI=1S/C27H21ClN2O5/c28-23-5-2-1-4-21(23)17-34-27(33)30-24-6-3-15-29-26(24)35-22-13-11-20(12-14-22)19-9-7-18(8-10-19)16-25(31)32/h1-15H,16-17H2,(H,30,33)(H,31,32). The minimum absolute atomic E-state index is 0.0129. The van der Waals surface area contributed by atoms with Gasteiger partial charge in [0.05, 0.1) is 6.42 Å². The van der Waals surface area contributed by atoms with Gasteiger partial charge < -0.3 is 14.6 Å². The van der Waals surface area contributed by atoms with E-state index >= 15 is 0 Å². The average Bonchev–Trinajstić information content (AvgIpc) is 2.85. The van der Waals surface area contributed by atoms with E-state index in [9.17, 15) is 9.59 Å². The third kappa shape index (κ3) is 6.59. The zero-order chi connectivity index (χ0) is 24.6. The van der Waals surface area contributed by atoms with Crippen molar-refractivity contribution in [3.8, 4) is 22.8 Å². The number of anilines is 1. The second-order valence-electron chi connectivity index (χ2n) is 7.54. The van der Waals surface area contributed by atoms with Crippen molar-refractivity contribution >= 4 is 29.4 Å². The summed E-state index contributed by atoms with van der Waals surface area (Å²) >= 11 is 6.10. The molecule has 0 atom stereocenters. The van der Waals surface area contributed by atoms with Crippen LogP contribution in [0.15, 0.2) is 91.1 Å². The van der Waals surface area contributed by atoms with Crippen LogP contribution in [-0.4, -0.2) is 22.2 Å². The first-order chi connectivity index (χ1) is 17.0. The van der Waals surface area contributed by atoms with E-state index in [-0.39, 0.29) is 18.9 Å². The molecule has 3 aromatic carbocycles. The van der Waals surface area contributed by atoms with Crippen LogP contribution in [0.25, 0.3) is 11.1 Å². The summed E-state index contributed by atoms with van der Waals surface area (Å²) in [4.78, 5) is 27.3. The monoisotopic (exact) mass is 488 g/mol. The Morgan fingerprint density at radius 1 is 0.886 bits per heavy atom. The van der Waals surface area contributed by atoms with Gasteiger partial charge in [-0.05, 0) is 47.0 Å². The largest absolute Gasteiger partial charge is 0.481 e. The number of aromatic nitrogens is 1. The van der Waals surface area contributed by atoms with Gasteiger partial charge in [-0.25, -0.2) is 9.78 Å². The van der Waals surface area contributed by atoms with Crippen molar-refractivity contribution in [1.82, 2.24) is 4.98 Å². The number of rotatable bonds is 8. The number of nitrogens with one attached hydrogen (secondary N) is 1. The molecule has 0 aliphatic heterocycles. The average molecular weight is 489 g/mol. The van der Waals surface area contributed by atoms with Crippen LogP contribution in [0.4, 0.5) is 10.5 Å². The number of hydrogen-bond acceptors (Lipinski definition) is 5. The smallest absolute Gasteiger partial charge is 0.412 e. The fourth-order valence-electron chi connectivity index (χ4n) is 3.29. The Balaban J connectivity index is 1.39. The second-order valence-corrected chi connectivity index (χ2v) is 7.95. The van der Waals surface area contributed by atoms with E-state index in [0.717, 1.165) is 16.7 Å². The van der Waals surface area contributed by atoms with Crippen molar-refractivity contribution in [3.05, 3.63) is 107 Å². The lowest BCUT2D eigenvalue weighted by atomic mass is 10.0. The number of carboxylic acids is 1. The lowest BCUT2D eigenvalue weighted by Crippen LogP contribution is -2.14. The number of nitrogens with zero attached hydrogens (tertiary/aromatic N) is 1. The van der Waals surface area contributed by atoms with E-state index in [1.165, 1.54) is 0 Å². The van der Waals surface area contributed by atoms with Crippen molar-refractivity contribution in [1.29, 1.82) is 0 Å². The Labute approximate surface area is 206 Å². The summed E-state index contributed by atoms with van der Waals surface area (Å²) in [5.74, 6) is -0.119. The molecular formula is C27H21ClN2O5. The third-order valence-electron chi connectivity index (χ3n) is 5.04. The Kier molecular flexibility index (Phi) is 7.60. The molecule has 176 valence electrons. The Hall–Kier alpha value is -4.36. The molecule has 0 fully saturated rings. The molecule has 0 aliphatic rings. The van der Waals surface area contributed by atoms with Gasteiger partial charge in [0.2, 0.25) is 5.88 Å². The molecule has 0 unspecified atom stereocenters. The van der Waals surface area contributed by atoms with Crippen LogP contribution in [-0.2, 0) is 22.6 Å². The van der Waals surface area contributed by atoms with Crippen LogP contribution in [0, 0.1) is 0 Å². The van der Waals surface area contributed by atoms with Gasteiger partial charge in [0.1, 0.15) is 18.0 Å². The van der Waals surface area contributed by atoms with E-state index < -0.39 is 12.1 Å². The van der Waals surface area contributed by atoms with E-state index in [1.54, 1.807) is 60.8 Å². The molecule has 4 rings (SSSR count). The number of carbonyl (C=O) groups is 2.